The number of rotatable bonds is 6. The maximum Gasteiger partial charge on any atom is 0.335 e. The molecule has 0 saturated carbocycles. The number of aryl methyl sites for hydroxylation is 3. The number of carboxylic acids is 1. The average molecular weight is 288 g/mol. The highest BCUT2D eigenvalue weighted by Crippen LogP contribution is 2.31. The Bertz CT molecular complexity index is 671. The topological polar surface area (TPSA) is 68.2 Å². The first-order chi connectivity index (χ1) is 10.0. The standard InChI is InChI=1S/C17H24N2O2/c1-4-8-19-12(3)14(6-5-7-18)15-10-13(17(20)21)9-11(2)16(15)19/h9-10H,4-8,18H2,1-3H3,(H,20,21). The predicted octanol–water partition coefficient (Wildman–Crippen LogP) is 3.26. The molecule has 114 valence electrons. The second-order valence-electron chi connectivity index (χ2n) is 5.60. The Balaban J connectivity index is 2.73. The van der Waals surface area contributed by atoms with E-state index in [0.717, 1.165) is 36.8 Å². The molecule has 4 nitrogen and oxygen atoms in total. The summed E-state index contributed by atoms with van der Waals surface area (Å²) in [5.74, 6) is -0.870. The van der Waals surface area contributed by atoms with E-state index in [-0.39, 0.29) is 0 Å². The minimum Gasteiger partial charge on any atom is -0.478 e. The van der Waals surface area contributed by atoms with Crippen LogP contribution in [0.25, 0.3) is 10.9 Å². The van der Waals surface area contributed by atoms with Gasteiger partial charge in [0.05, 0.1) is 11.1 Å². The minimum absolute atomic E-state index is 0.364. The number of benzene rings is 1. The van der Waals surface area contributed by atoms with Crippen LogP contribution in [0.3, 0.4) is 0 Å². The van der Waals surface area contributed by atoms with Crippen molar-refractivity contribution in [1.82, 2.24) is 4.57 Å². The Hall–Kier alpha value is -1.81. The largest absolute Gasteiger partial charge is 0.478 e. The molecule has 0 radical (unpaired) electrons. The van der Waals surface area contributed by atoms with Gasteiger partial charge >= 0.3 is 5.97 Å². The first-order valence-electron chi connectivity index (χ1n) is 7.56. The van der Waals surface area contributed by atoms with Crippen LogP contribution >= 0.6 is 0 Å². The summed E-state index contributed by atoms with van der Waals surface area (Å²) < 4.78 is 2.32. The molecule has 1 aromatic carbocycles. The van der Waals surface area contributed by atoms with Gasteiger partial charge in [0.2, 0.25) is 0 Å². The van der Waals surface area contributed by atoms with Crippen LogP contribution in [0.1, 0.15) is 46.9 Å². The van der Waals surface area contributed by atoms with Crippen LogP contribution in [0.4, 0.5) is 0 Å². The number of fused-ring (bicyclic) bond motifs is 1. The van der Waals surface area contributed by atoms with Crippen LogP contribution < -0.4 is 5.73 Å². The zero-order chi connectivity index (χ0) is 15.6. The smallest absolute Gasteiger partial charge is 0.335 e. The van der Waals surface area contributed by atoms with Gasteiger partial charge in [-0.15, -0.1) is 0 Å². The molecule has 2 rings (SSSR count). The third-order valence-electron chi connectivity index (χ3n) is 4.06. The van der Waals surface area contributed by atoms with Crippen molar-refractivity contribution in [2.75, 3.05) is 6.54 Å². The van der Waals surface area contributed by atoms with Crippen LogP contribution in [-0.2, 0) is 13.0 Å². The van der Waals surface area contributed by atoms with Crippen LogP contribution in [0.5, 0.6) is 0 Å². The molecule has 3 N–H and O–H groups in total. The first-order valence-corrected chi connectivity index (χ1v) is 7.56. The van der Waals surface area contributed by atoms with Crippen molar-refractivity contribution >= 4 is 16.9 Å². The van der Waals surface area contributed by atoms with Gasteiger partial charge in [0.1, 0.15) is 0 Å². The molecule has 0 fully saturated rings. The Morgan fingerprint density at radius 2 is 2.05 bits per heavy atom. The van der Waals surface area contributed by atoms with Gasteiger partial charge in [-0.1, -0.05) is 6.92 Å². The third kappa shape index (κ3) is 2.81. The monoisotopic (exact) mass is 288 g/mol. The molecular formula is C17H24N2O2. The van der Waals surface area contributed by atoms with Gasteiger partial charge in [0.15, 0.2) is 0 Å². The Morgan fingerprint density at radius 3 is 2.62 bits per heavy atom. The van der Waals surface area contributed by atoms with Gasteiger partial charge in [-0.2, -0.15) is 0 Å². The lowest BCUT2D eigenvalue weighted by Gasteiger charge is -2.09. The van der Waals surface area contributed by atoms with Gasteiger partial charge in [0.25, 0.3) is 0 Å². The molecular weight excluding hydrogens is 264 g/mol. The van der Waals surface area contributed by atoms with E-state index in [1.165, 1.54) is 16.8 Å². The lowest BCUT2D eigenvalue weighted by atomic mass is 10.0. The number of carboxylic acid groups (broad SMARTS) is 1. The van der Waals surface area contributed by atoms with E-state index >= 15 is 0 Å². The lowest BCUT2D eigenvalue weighted by Crippen LogP contribution is -2.03. The summed E-state index contributed by atoms with van der Waals surface area (Å²) >= 11 is 0. The molecule has 0 amide bonds. The van der Waals surface area contributed by atoms with Crippen LogP contribution in [0.15, 0.2) is 12.1 Å². The molecule has 0 unspecified atom stereocenters. The maximum atomic E-state index is 11.3. The highest BCUT2D eigenvalue weighted by molar-refractivity contribution is 5.97. The number of nitrogens with two attached hydrogens (primary N) is 1. The fourth-order valence-corrected chi connectivity index (χ4v) is 3.11. The highest BCUT2D eigenvalue weighted by Gasteiger charge is 2.17. The number of hydrogen-bond donors (Lipinski definition) is 2. The number of carbonyl (C=O) groups is 1. The molecule has 0 bridgehead atoms. The first kappa shape index (κ1) is 15.6. The Labute approximate surface area is 125 Å². The zero-order valence-corrected chi connectivity index (χ0v) is 13.1. The van der Waals surface area contributed by atoms with E-state index in [9.17, 15) is 9.90 Å². The zero-order valence-electron chi connectivity index (χ0n) is 13.1. The SMILES string of the molecule is CCCn1c(C)c(CCCN)c2cc(C(=O)O)cc(C)c21. The molecule has 0 aliphatic heterocycles. The van der Waals surface area contributed by atoms with Crippen molar-refractivity contribution in [2.24, 2.45) is 5.73 Å². The van der Waals surface area contributed by atoms with E-state index in [1.807, 2.05) is 13.0 Å². The van der Waals surface area contributed by atoms with Crippen molar-refractivity contribution in [2.45, 2.75) is 46.6 Å². The molecule has 0 atom stereocenters. The summed E-state index contributed by atoms with van der Waals surface area (Å²) in [7, 11) is 0. The Morgan fingerprint density at radius 1 is 1.33 bits per heavy atom. The molecule has 1 heterocycles. The second-order valence-corrected chi connectivity index (χ2v) is 5.60. The minimum atomic E-state index is -0.870. The number of hydrogen-bond acceptors (Lipinski definition) is 2. The highest BCUT2D eigenvalue weighted by atomic mass is 16.4. The number of aromatic carboxylic acids is 1. The van der Waals surface area contributed by atoms with Gasteiger partial charge in [-0.05, 0) is 62.9 Å². The van der Waals surface area contributed by atoms with Crippen molar-refractivity contribution in [3.05, 3.63) is 34.5 Å². The van der Waals surface area contributed by atoms with Crippen molar-refractivity contribution in [3.63, 3.8) is 0 Å². The molecule has 0 aliphatic carbocycles. The summed E-state index contributed by atoms with van der Waals surface area (Å²) in [5, 5.41) is 10.4. The van der Waals surface area contributed by atoms with Crippen molar-refractivity contribution in [3.8, 4) is 0 Å². The Kier molecular flexibility index (Phi) is 4.68. The summed E-state index contributed by atoms with van der Waals surface area (Å²) in [4.78, 5) is 11.3. The van der Waals surface area contributed by atoms with E-state index in [2.05, 4.69) is 18.4 Å². The molecule has 0 saturated heterocycles. The fraction of sp³-hybridized carbons (Fsp3) is 0.471. The van der Waals surface area contributed by atoms with Crippen molar-refractivity contribution in [1.29, 1.82) is 0 Å². The number of aromatic nitrogens is 1. The van der Waals surface area contributed by atoms with E-state index in [1.54, 1.807) is 6.07 Å². The predicted molar refractivity (Wildman–Crippen MR) is 86.0 cm³/mol. The molecule has 21 heavy (non-hydrogen) atoms. The van der Waals surface area contributed by atoms with Gasteiger partial charge in [-0.3, -0.25) is 0 Å². The summed E-state index contributed by atoms with van der Waals surface area (Å²) in [6.07, 6.45) is 2.88. The van der Waals surface area contributed by atoms with Crippen LogP contribution in [0, 0.1) is 13.8 Å². The molecule has 0 aliphatic rings. The molecule has 1 aromatic heterocycles. The lowest BCUT2D eigenvalue weighted by molar-refractivity contribution is 0.0697. The maximum absolute atomic E-state index is 11.3. The van der Waals surface area contributed by atoms with E-state index in [0.29, 0.717) is 12.1 Å². The van der Waals surface area contributed by atoms with E-state index < -0.39 is 5.97 Å². The normalized spacial score (nSPS) is 11.2. The summed E-state index contributed by atoms with van der Waals surface area (Å²) in [6, 6.07) is 3.58. The third-order valence-corrected chi connectivity index (χ3v) is 4.06. The number of nitrogens with zero attached hydrogens (tertiary/aromatic N) is 1. The van der Waals surface area contributed by atoms with Crippen molar-refractivity contribution < 1.29 is 9.90 Å². The second kappa shape index (κ2) is 6.31. The van der Waals surface area contributed by atoms with Crippen LogP contribution in [-0.4, -0.2) is 22.2 Å². The average Bonchev–Trinajstić information content (AvgIpc) is 2.70. The molecule has 2 aromatic rings. The summed E-state index contributed by atoms with van der Waals surface area (Å²) in [6.45, 7) is 7.88. The quantitative estimate of drug-likeness (QED) is 0.857. The van der Waals surface area contributed by atoms with Gasteiger partial charge < -0.3 is 15.4 Å². The van der Waals surface area contributed by atoms with Gasteiger partial charge in [-0.25, -0.2) is 4.79 Å². The van der Waals surface area contributed by atoms with Gasteiger partial charge in [0, 0.05) is 17.6 Å². The van der Waals surface area contributed by atoms with E-state index in [4.69, 9.17) is 5.73 Å². The van der Waals surface area contributed by atoms with Crippen LogP contribution in [0.2, 0.25) is 0 Å². The fourth-order valence-electron chi connectivity index (χ4n) is 3.11. The molecule has 4 heteroatoms. The molecule has 0 spiro atoms. The summed E-state index contributed by atoms with van der Waals surface area (Å²) in [5.41, 5.74) is 10.7.